The number of aryl methyl sites for hydroxylation is 1. The first-order chi connectivity index (χ1) is 7.58. The standard InChI is InChI=1S/C13H11FO2/c1-8-2-3-9(6-13(8)16)11-7-10(14)4-5-12(11)15/h2-7,15-16H,1H3. The van der Waals surface area contributed by atoms with E-state index in [0.717, 1.165) is 5.56 Å². The van der Waals surface area contributed by atoms with E-state index in [1.165, 1.54) is 24.3 Å². The molecule has 0 aliphatic carbocycles. The van der Waals surface area contributed by atoms with Gasteiger partial charge in [-0.25, -0.2) is 4.39 Å². The molecule has 0 saturated heterocycles. The zero-order valence-electron chi connectivity index (χ0n) is 8.74. The number of phenols is 2. The zero-order chi connectivity index (χ0) is 11.7. The number of hydrogen-bond acceptors (Lipinski definition) is 2. The number of benzene rings is 2. The molecule has 3 heteroatoms. The molecule has 2 rings (SSSR count). The quantitative estimate of drug-likeness (QED) is 0.771. The van der Waals surface area contributed by atoms with Crippen LogP contribution in [0.15, 0.2) is 36.4 Å². The Labute approximate surface area is 92.6 Å². The van der Waals surface area contributed by atoms with Gasteiger partial charge in [0.25, 0.3) is 0 Å². The number of hydrogen-bond donors (Lipinski definition) is 2. The molecule has 0 atom stereocenters. The highest BCUT2D eigenvalue weighted by atomic mass is 19.1. The first-order valence-electron chi connectivity index (χ1n) is 4.86. The molecule has 0 radical (unpaired) electrons. The normalized spacial score (nSPS) is 10.4. The summed E-state index contributed by atoms with van der Waals surface area (Å²) in [6.07, 6.45) is 0. The predicted octanol–water partition coefficient (Wildman–Crippen LogP) is 3.21. The summed E-state index contributed by atoms with van der Waals surface area (Å²) in [5.41, 5.74) is 1.69. The third kappa shape index (κ3) is 1.84. The number of halogens is 1. The van der Waals surface area contributed by atoms with Gasteiger partial charge >= 0.3 is 0 Å². The predicted molar refractivity (Wildman–Crippen MR) is 59.9 cm³/mol. The first-order valence-corrected chi connectivity index (χ1v) is 4.86. The van der Waals surface area contributed by atoms with E-state index in [0.29, 0.717) is 11.1 Å². The van der Waals surface area contributed by atoms with Gasteiger partial charge in [0.2, 0.25) is 0 Å². The molecule has 0 aromatic heterocycles. The summed E-state index contributed by atoms with van der Waals surface area (Å²) in [6, 6.07) is 8.66. The SMILES string of the molecule is Cc1ccc(-c2cc(F)ccc2O)cc1O. The van der Waals surface area contributed by atoms with E-state index in [2.05, 4.69) is 0 Å². The molecule has 82 valence electrons. The Balaban J connectivity index is 2.58. The van der Waals surface area contributed by atoms with Crippen LogP contribution < -0.4 is 0 Å². The largest absolute Gasteiger partial charge is 0.508 e. The number of phenolic OH excluding ortho intramolecular Hbond substituents is 2. The van der Waals surface area contributed by atoms with Gasteiger partial charge in [0.15, 0.2) is 0 Å². The van der Waals surface area contributed by atoms with E-state index < -0.39 is 5.82 Å². The lowest BCUT2D eigenvalue weighted by Crippen LogP contribution is -1.83. The molecular formula is C13H11FO2. The maximum atomic E-state index is 13.0. The maximum absolute atomic E-state index is 13.0. The monoisotopic (exact) mass is 218 g/mol. The van der Waals surface area contributed by atoms with Crippen molar-refractivity contribution in [1.82, 2.24) is 0 Å². The molecule has 0 amide bonds. The smallest absolute Gasteiger partial charge is 0.124 e. The van der Waals surface area contributed by atoms with E-state index in [4.69, 9.17) is 0 Å². The average Bonchev–Trinajstić information content (AvgIpc) is 2.26. The van der Waals surface area contributed by atoms with E-state index in [-0.39, 0.29) is 11.5 Å². The van der Waals surface area contributed by atoms with Crippen molar-refractivity contribution in [2.75, 3.05) is 0 Å². The molecule has 16 heavy (non-hydrogen) atoms. The van der Waals surface area contributed by atoms with Gasteiger partial charge in [0.05, 0.1) is 0 Å². The Hall–Kier alpha value is -2.03. The van der Waals surface area contributed by atoms with E-state index in [1.807, 2.05) is 0 Å². The average molecular weight is 218 g/mol. The fourth-order valence-corrected chi connectivity index (χ4v) is 1.52. The van der Waals surface area contributed by atoms with Gasteiger partial charge in [-0.05, 0) is 42.3 Å². The van der Waals surface area contributed by atoms with Crippen LogP contribution in [0.3, 0.4) is 0 Å². The van der Waals surface area contributed by atoms with Gasteiger partial charge in [0, 0.05) is 5.56 Å². The molecule has 0 spiro atoms. The first kappa shape index (κ1) is 10.5. The highest BCUT2D eigenvalue weighted by Crippen LogP contribution is 2.32. The summed E-state index contributed by atoms with van der Waals surface area (Å²) >= 11 is 0. The van der Waals surface area contributed by atoms with Crippen molar-refractivity contribution in [2.45, 2.75) is 6.92 Å². The van der Waals surface area contributed by atoms with E-state index in [9.17, 15) is 14.6 Å². The van der Waals surface area contributed by atoms with Gasteiger partial charge in [-0.15, -0.1) is 0 Å². The fraction of sp³-hybridized carbons (Fsp3) is 0.0769. The molecule has 2 nitrogen and oxygen atoms in total. The minimum Gasteiger partial charge on any atom is -0.508 e. The molecule has 0 bridgehead atoms. The Morgan fingerprint density at radius 2 is 1.69 bits per heavy atom. The lowest BCUT2D eigenvalue weighted by molar-refractivity contribution is 0.470. The molecule has 0 saturated carbocycles. The molecule has 0 aliphatic rings. The summed E-state index contributed by atoms with van der Waals surface area (Å²) in [4.78, 5) is 0. The van der Waals surface area contributed by atoms with Crippen LogP contribution in [0.1, 0.15) is 5.56 Å². The van der Waals surface area contributed by atoms with Gasteiger partial charge in [-0.1, -0.05) is 12.1 Å². The van der Waals surface area contributed by atoms with Crippen LogP contribution in [0, 0.1) is 12.7 Å². The maximum Gasteiger partial charge on any atom is 0.124 e. The van der Waals surface area contributed by atoms with E-state index >= 15 is 0 Å². The van der Waals surface area contributed by atoms with Crippen LogP contribution in [0.25, 0.3) is 11.1 Å². The van der Waals surface area contributed by atoms with Crippen molar-refractivity contribution in [3.05, 3.63) is 47.8 Å². The lowest BCUT2D eigenvalue weighted by atomic mass is 10.0. The molecule has 0 unspecified atom stereocenters. The van der Waals surface area contributed by atoms with Crippen molar-refractivity contribution in [3.8, 4) is 22.6 Å². The molecule has 0 aliphatic heterocycles. The molecule has 2 N–H and O–H groups in total. The summed E-state index contributed by atoms with van der Waals surface area (Å²) < 4.78 is 13.0. The van der Waals surface area contributed by atoms with Crippen molar-refractivity contribution >= 4 is 0 Å². The van der Waals surface area contributed by atoms with Crippen molar-refractivity contribution in [3.63, 3.8) is 0 Å². The van der Waals surface area contributed by atoms with E-state index in [1.54, 1.807) is 19.1 Å². The van der Waals surface area contributed by atoms with Gasteiger partial charge < -0.3 is 10.2 Å². The second-order valence-electron chi connectivity index (χ2n) is 3.66. The van der Waals surface area contributed by atoms with Gasteiger partial charge in [-0.3, -0.25) is 0 Å². The zero-order valence-corrected chi connectivity index (χ0v) is 8.74. The van der Waals surface area contributed by atoms with Crippen LogP contribution in [-0.2, 0) is 0 Å². The molecule has 2 aromatic carbocycles. The molecule has 0 heterocycles. The van der Waals surface area contributed by atoms with Crippen molar-refractivity contribution in [1.29, 1.82) is 0 Å². The summed E-state index contributed by atoms with van der Waals surface area (Å²) in [5.74, 6) is -0.307. The molecule has 0 fully saturated rings. The van der Waals surface area contributed by atoms with Gasteiger partial charge in [-0.2, -0.15) is 0 Å². The minimum absolute atomic E-state index is 0.00958. The topological polar surface area (TPSA) is 40.5 Å². The van der Waals surface area contributed by atoms with Crippen molar-refractivity contribution in [2.24, 2.45) is 0 Å². The molecular weight excluding hydrogens is 207 g/mol. The third-order valence-electron chi connectivity index (χ3n) is 2.48. The Morgan fingerprint density at radius 1 is 0.938 bits per heavy atom. The second kappa shape index (κ2) is 3.85. The third-order valence-corrected chi connectivity index (χ3v) is 2.48. The highest BCUT2D eigenvalue weighted by molar-refractivity contribution is 5.71. The highest BCUT2D eigenvalue weighted by Gasteiger charge is 2.07. The second-order valence-corrected chi connectivity index (χ2v) is 3.66. The van der Waals surface area contributed by atoms with Gasteiger partial charge in [0.1, 0.15) is 17.3 Å². The fourth-order valence-electron chi connectivity index (χ4n) is 1.52. The number of rotatable bonds is 1. The minimum atomic E-state index is -0.423. The van der Waals surface area contributed by atoms with Crippen LogP contribution in [-0.4, -0.2) is 10.2 Å². The Bertz CT molecular complexity index is 535. The Morgan fingerprint density at radius 3 is 2.38 bits per heavy atom. The summed E-state index contributed by atoms with van der Waals surface area (Å²) in [6.45, 7) is 1.77. The number of aromatic hydroxyl groups is 2. The van der Waals surface area contributed by atoms with Crippen LogP contribution >= 0.6 is 0 Å². The van der Waals surface area contributed by atoms with Crippen molar-refractivity contribution < 1.29 is 14.6 Å². The summed E-state index contributed by atoms with van der Waals surface area (Å²) in [5, 5.41) is 19.1. The van der Waals surface area contributed by atoms with Crippen LogP contribution in [0.4, 0.5) is 4.39 Å². The lowest BCUT2D eigenvalue weighted by Gasteiger charge is -2.06. The van der Waals surface area contributed by atoms with Crippen LogP contribution in [0.2, 0.25) is 0 Å². The summed E-state index contributed by atoms with van der Waals surface area (Å²) in [7, 11) is 0. The molecule has 2 aromatic rings. The van der Waals surface area contributed by atoms with Crippen LogP contribution in [0.5, 0.6) is 11.5 Å². The Kier molecular flexibility index (Phi) is 2.52.